The normalized spacial score (nSPS) is 12.1. The first-order valence-electron chi connectivity index (χ1n) is 7.85. The van der Waals surface area contributed by atoms with Crippen molar-refractivity contribution in [2.75, 3.05) is 0 Å². The molecule has 0 saturated heterocycles. The second kappa shape index (κ2) is 6.66. The van der Waals surface area contributed by atoms with Gasteiger partial charge in [-0.2, -0.15) is 0 Å². The second-order valence-corrected chi connectivity index (χ2v) is 5.89. The monoisotopic (exact) mass is 321 g/mol. The molecule has 5 nitrogen and oxygen atoms in total. The third-order valence-corrected chi connectivity index (χ3v) is 4.00. The Bertz CT molecular complexity index is 929. The lowest BCUT2D eigenvalue weighted by molar-refractivity contribution is -0.122. The van der Waals surface area contributed by atoms with Gasteiger partial charge in [0.05, 0.1) is 23.3 Å². The van der Waals surface area contributed by atoms with Crippen molar-refractivity contribution in [3.63, 3.8) is 0 Å². The molecular formula is C19H19N3O2. The molecule has 0 radical (unpaired) electrons. The van der Waals surface area contributed by atoms with E-state index < -0.39 is 0 Å². The van der Waals surface area contributed by atoms with Crippen LogP contribution in [0.1, 0.15) is 24.1 Å². The summed E-state index contributed by atoms with van der Waals surface area (Å²) >= 11 is 0. The molecule has 0 fully saturated rings. The molecule has 0 saturated carbocycles. The number of hydrogen-bond donors (Lipinski definition) is 1. The van der Waals surface area contributed by atoms with E-state index in [4.69, 9.17) is 0 Å². The van der Waals surface area contributed by atoms with Gasteiger partial charge in [-0.15, -0.1) is 0 Å². The maximum absolute atomic E-state index is 12.4. The molecule has 0 aliphatic heterocycles. The fourth-order valence-electron chi connectivity index (χ4n) is 2.60. The Hall–Kier alpha value is -2.95. The van der Waals surface area contributed by atoms with Crippen LogP contribution in [0, 0.1) is 6.92 Å². The summed E-state index contributed by atoms with van der Waals surface area (Å²) in [6.07, 6.45) is 1.42. The fourth-order valence-corrected chi connectivity index (χ4v) is 2.60. The van der Waals surface area contributed by atoms with Gasteiger partial charge in [-0.3, -0.25) is 14.2 Å². The lowest BCUT2D eigenvalue weighted by Crippen LogP contribution is -2.33. The zero-order valence-corrected chi connectivity index (χ0v) is 13.7. The topological polar surface area (TPSA) is 64.0 Å². The number of hydrogen-bond acceptors (Lipinski definition) is 3. The largest absolute Gasteiger partial charge is 0.348 e. The summed E-state index contributed by atoms with van der Waals surface area (Å²) < 4.78 is 1.33. The highest BCUT2D eigenvalue weighted by atomic mass is 16.2. The number of benzene rings is 2. The molecule has 1 atom stereocenters. The van der Waals surface area contributed by atoms with Crippen LogP contribution in [0.4, 0.5) is 0 Å². The molecule has 1 heterocycles. The highest BCUT2D eigenvalue weighted by molar-refractivity contribution is 5.79. The quantitative estimate of drug-likeness (QED) is 0.803. The van der Waals surface area contributed by atoms with Crippen LogP contribution in [-0.2, 0) is 11.3 Å². The smallest absolute Gasteiger partial charge is 0.261 e. The number of nitrogens with one attached hydrogen (secondary N) is 1. The third-order valence-electron chi connectivity index (χ3n) is 4.00. The minimum Gasteiger partial charge on any atom is -0.348 e. The van der Waals surface area contributed by atoms with Gasteiger partial charge in [0, 0.05) is 0 Å². The van der Waals surface area contributed by atoms with Gasteiger partial charge in [0.2, 0.25) is 5.91 Å². The second-order valence-electron chi connectivity index (χ2n) is 5.89. The molecule has 1 aromatic heterocycles. The molecule has 24 heavy (non-hydrogen) atoms. The zero-order valence-electron chi connectivity index (χ0n) is 13.7. The van der Waals surface area contributed by atoms with E-state index >= 15 is 0 Å². The van der Waals surface area contributed by atoms with Gasteiger partial charge in [-0.1, -0.05) is 42.0 Å². The molecule has 0 spiro atoms. The Labute approximate surface area is 140 Å². The van der Waals surface area contributed by atoms with Crippen LogP contribution in [0.5, 0.6) is 0 Å². The van der Waals surface area contributed by atoms with Gasteiger partial charge in [-0.25, -0.2) is 4.98 Å². The van der Waals surface area contributed by atoms with Crippen molar-refractivity contribution in [1.29, 1.82) is 0 Å². The third kappa shape index (κ3) is 3.35. The molecule has 3 aromatic rings. The first kappa shape index (κ1) is 15.9. The van der Waals surface area contributed by atoms with Crippen LogP contribution in [0.15, 0.2) is 59.7 Å². The highest BCUT2D eigenvalue weighted by Gasteiger charge is 2.11. The van der Waals surface area contributed by atoms with E-state index in [-0.39, 0.29) is 24.1 Å². The molecule has 122 valence electrons. The average Bonchev–Trinajstić information content (AvgIpc) is 2.58. The summed E-state index contributed by atoms with van der Waals surface area (Å²) in [5.74, 6) is -0.220. The van der Waals surface area contributed by atoms with E-state index in [1.54, 1.807) is 18.2 Å². The van der Waals surface area contributed by atoms with E-state index in [1.807, 2.05) is 44.2 Å². The Morgan fingerprint density at radius 1 is 1.17 bits per heavy atom. The SMILES string of the molecule is Cc1ccc([C@H](C)NC(=O)Cn2cnc3ccccc3c2=O)cc1. The van der Waals surface area contributed by atoms with Crippen molar-refractivity contribution < 1.29 is 4.79 Å². The first-order chi connectivity index (χ1) is 11.5. The minimum absolute atomic E-state index is 0.0487. The van der Waals surface area contributed by atoms with Gasteiger partial charge in [0.25, 0.3) is 5.56 Å². The summed E-state index contributed by atoms with van der Waals surface area (Å²) in [6.45, 7) is 3.89. The predicted octanol–water partition coefficient (Wildman–Crippen LogP) is 2.58. The fraction of sp³-hybridized carbons (Fsp3) is 0.211. The van der Waals surface area contributed by atoms with E-state index in [1.165, 1.54) is 16.5 Å². The molecule has 0 unspecified atom stereocenters. The van der Waals surface area contributed by atoms with Crippen molar-refractivity contribution in [1.82, 2.24) is 14.9 Å². The number of carbonyl (C=O) groups excluding carboxylic acids is 1. The Kier molecular flexibility index (Phi) is 4.42. The summed E-state index contributed by atoms with van der Waals surface area (Å²) in [7, 11) is 0. The van der Waals surface area contributed by atoms with Crippen molar-refractivity contribution in [3.05, 3.63) is 76.3 Å². The van der Waals surface area contributed by atoms with E-state index in [0.29, 0.717) is 10.9 Å². The zero-order chi connectivity index (χ0) is 17.1. The van der Waals surface area contributed by atoms with Crippen molar-refractivity contribution in [2.24, 2.45) is 0 Å². The molecule has 1 N–H and O–H groups in total. The van der Waals surface area contributed by atoms with E-state index in [2.05, 4.69) is 10.3 Å². The maximum Gasteiger partial charge on any atom is 0.261 e. The average molecular weight is 321 g/mol. The Balaban J connectivity index is 1.74. The first-order valence-corrected chi connectivity index (χ1v) is 7.85. The minimum atomic E-state index is -0.220. The number of rotatable bonds is 4. The molecule has 2 aromatic carbocycles. The van der Waals surface area contributed by atoms with Gasteiger partial charge >= 0.3 is 0 Å². The predicted molar refractivity (Wildman–Crippen MR) is 93.7 cm³/mol. The van der Waals surface area contributed by atoms with E-state index in [9.17, 15) is 9.59 Å². The number of amides is 1. The van der Waals surface area contributed by atoms with E-state index in [0.717, 1.165) is 5.56 Å². The molecular weight excluding hydrogens is 302 g/mol. The maximum atomic E-state index is 12.4. The van der Waals surface area contributed by atoms with Crippen LogP contribution in [-0.4, -0.2) is 15.5 Å². The van der Waals surface area contributed by atoms with Crippen LogP contribution >= 0.6 is 0 Å². The molecule has 0 bridgehead atoms. The molecule has 0 aliphatic rings. The summed E-state index contributed by atoms with van der Waals surface area (Å²) in [5, 5.41) is 3.43. The number of para-hydroxylation sites is 1. The van der Waals surface area contributed by atoms with Crippen LogP contribution in [0.2, 0.25) is 0 Å². The van der Waals surface area contributed by atoms with Gasteiger partial charge in [0.15, 0.2) is 0 Å². The molecule has 3 rings (SSSR count). The van der Waals surface area contributed by atoms with Gasteiger partial charge in [-0.05, 0) is 31.5 Å². The summed E-state index contributed by atoms with van der Waals surface area (Å²) in [5.41, 5.74) is 2.62. The summed E-state index contributed by atoms with van der Waals surface area (Å²) in [6, 6.07) is 15.0. The molecule has 1 amide bonds. The standard InChI is InChI=1S/C19H19N3O2/c1-13-7-9-15(10-8-13)14(2)21-18(23)11-22-12-20-17-6-4-3-5-16(17)19(22)24/h3-10,12,14H,11H2,1-2H3,(H,21,23)/t14-/m0/s1. The number of fused-ring (bicyclic) bond motifs is 1. The lowest BCUT2D eigenvalue weighted by Gasteiger charge is -2.15. The molecule has 0 aliphatic carbocycles. The van der Waals surface area contributed by atoms with Crippen LogP contribution in [0.3, 0.4) is 0 Å². The van der Waals surface area contributed by atoms with Crippen LogP contribution in [0.25, 0.3) is 10.9 Å². The highest BCUT2D eigenvalue weighted by Crippen LogP contribution is 2.13. The lowest BCUT2D eigenvalue weighted by atomic mass is 10.1. The Morgan fingerprint density at radius 3 is 2.62 bits per heavy atom. The molecule has 5 heteroatoms. The number of nitrogens with zero attached hydrogens (tertiary/aromatic N) is 2. The van der Waals surface area contributed by atoms with Crippen LogP contribution < -0.4 is 10.9 Å². The van der Waals surface area contributed by atoms with Crippen molar-refractivity contribution in [2.45, 2.75) is 26.4 Å². The Morgan fingerprint density at radius 2 is 1.88 bits per heavy atom. The van der Waals surface area contributed by atoms with Gasteiger partial charge < -0.3 is 5.32 Å². The van der Waals surface area contributed by atoms with Crippen molar-refractivity contribution >= 4 is 16.8 Å². The number of carbonyl (C=O) groups is 1. The van der Waals surface area contributed by atoms with Crippen molar-refractivity contribution in [3.8, 4) is 0 Å². The summed E-state index contributed by atoms with van der Waals surface area (Å²) in [4.78, 5) is 28.9. The number of aryl methyl sites for hydroxylation is 1. The van der Waals surface area contributed by atoms with Gasteiger partial charge in [0.1, 0.15) is 6.54 Å². The number of aromatic nitrogens is 2.